The number of hydrogen-bond acceptors (Lipinski definition) is 5. The summed E-state index contributed by atoms with van der Waals surface area (Å²) in [6.45, 7) is 5.50. The molecular formula is C18H19ClN4O2. The minimum absolute atomic E-state index is 0.199. The number of fused-ring (bicyclic) bond motifs is 1. The van der Waals surface area contributed by atoms with Crippen LogP contribution in [0.15, 0.2) is 36.5 Å². The number of ether oxygens (including phenoxy) is 1. The van der Waals surface area contributed by atoms with E-state index in [0.29, 0.717) is 5.02 Å². The van der Waals surface area contributed by atoms with Crippen molar-refractivity contribution in [1.29, 1.82) is 0 Å². The zero-order valence-corrected chi connectivity index (χ0v) is 15.0. The van der Waals surface area contributed by atoms with Gasteiger partial charge in [0.2, 0.25) is 0 Å². The molecule has 1 unspecified atom stereocenters. The van der Waals surface area contributed by atoms with Gasteiger partial charge >= 0.3 is 5.97 Å². The van der Waals surface area contributed by atoms with Crippen molar-refractivity contribution < 1.29 is 9.53 Å². The highest BCUT2D eigenvalue weighted by atomic mass is 35.5. The summed E-state index contributed by atoms with van der Waals surface area (Å²) in [6.07, 6.45) is 1.94. The molecule has 130 valence electrons. The summed E-state index contributed by atoms with van der Waals surface area (Å²) in [5.41, 5.74) is 3.70. The van der Waals surface area contributed by atoms with Crippen LogP contribution in [0.1, 0.15) is 29.9 Å². The van der Waals surface area contributed by atoms with Gasteiger partial charge in [0.25, 0.3) is 0 Å². The highest BCUT2D eigenvalue weighted by Gasteiger charge is 2.15. The Hall–Kier alpha value is -2.60. The van der Waals surface area contributed by atoms with Crippen LogP contribution in [0.25, 0.3) is 5.65 Å². The van der Waals surface area contributed by atoms with Crippen LogP contribution in [0.3, 0.4) is 0 Å². The number of anilines is 1. The summed E-state index contributed by atoms with van der Waals surface area (Å²) >= 11 is 5.97. The maximum Gasteiger partial charge on any atom is 0.302 e. The highest BCUT2D eigenvalue weighted by Crippen LogP contribution is 2.24. The van der Waals surface area contributed by atoms with E-state index in [2.05, 4.69) is 15.5 Å². The number of pyridine rings is 1. The molecule has 1 aromatic carbocycles. The molecule has 6 nitrogen and oxygen atoms in total. The topological polar surface area (TPSA) is 68.5 Å². The van der Waals surface area contributed by atoms with Gasteiger partial charge in [0.05, 0.1) is 11.7 Å². The van der Waals surface area contributed by atoms with Crippen molar-refractivity contribution in [3.63, 3.8) is 0 Å². The maximum atomic E-state index is 11.2. The van der Waals surface area contributed by atoms with Crippen LogP contribution >= 0.6 is 11.6 Å². The SMILES string of the molecule is CC(=O)OCC(Nc1cc(C)c2nnc(C)n2c1)c1ccc(Cl)cc1. The van der Waals surface area contributed by atoms with Crippen LogP contribution in [0, 0.1) is 13.8 Å². The Labute approximate surface area is 150 Å². The lowest BCUT2D eigenvalue weighted by atomic mass is 10.1. The van der Waals surface area contributed by atoms with Gasteiger partial charge in [-0.1, -0.05) is 23.7 Å². The van der Waals surface area contributed by atoms with Gasteiger partial charge in [-0.25, -0.2) is 0 Å². The van der Waals surface area contributed by atoms with Gasteiger partial charge in [0.1, 0.15) is 12.4 Å². The molecule has 0 aliphatic carbocycles. The largest absolute Gasteiger partial charge is 0.463 e. The zero-order valence-electron chi connectivity index (χ0n) is 14.3. The fraction of sp³-hybridized carbons (Fsp3) is 0.278. The van der Waals surface area contributed by atoms with E-state index >= 15 is 0 Å². The molecule has 0 fully saturated rings. The second kappa shape index (κ2) is 7.11. The summed E-state index contributed by atoms with van der Waals surface area (Å²) in [5.74, 6) is 0.492. The smallest absolute Gasteiger partial charge is 0.302 e. The fourth-order valence-corrected chi connectivity index (χ4v) is 2.79. The molecule has 2 aromatic heterocycles. The van der Waals surface area contributed by atoms with E-state index in [1.54, 1.807) is 0 Å². The molecule has 0 aliphatic rings. The van der Waals surface area contributed by atoms with E-state index in [0.717, 1.165) is 28.3 Å². The normalized spacial score (nSPS) is 12.2. The minimum atomic E-state index is -0.318. The molecule has 0 bridgehead atoms. The molecule has 0 amide bonds. The molecule has 0 aliphatic heterocycles. The number of benzene rings is 1. The Kier molecular flexibility index (Phi) is 4.90. The summed E-state index contributed by atoms with van der Waals surface area (Å²) in [5, 5.41) is 12.4. The van der Waals surface area contributed by atoms with Crippen LogP contribution in [-0.4, -0.2) is 27.2 Å². The maximum absolute atomic E-state index is 11.2. The predicted molar refractivity (Wildman–Crippen MR) is 96.9 cm³/mol. The third-order valence-corrected chi connectivity index (χ3v) is 4.18. The number of aromatic nitrogens is 3. The quantitative estimate of drug-likeness (QED) is 0.704. The van der Waals surface area contributed by atoms with Gasteiger partial charge in [-0.2, -0.15) is 0 Å². The van der Waals surface area contributed by atoms with Crippen LogP contribution < -0.4 is 5.32 Å². The van der Waals surface area contributed by atoms with Crippen LogP contribution in [0.2, 0.25) is 5.02 Å². The Morgan fingerprint density at radius 2 is 2.00 bits per heavy atom. The standard InChI is InChI=1S/C18H19ClN4O2/c1-11-8-16(9-23-12(2)21-22-18(11)23)20-17(10-25-13(3)24)14-4-6-15(19)7-5-14/h4-9,17,20H,10H2,1-3H3. The Morgan fingerprint density at radius 1 is 1.28 bits per heavy atom. The van der Waals surface area contributed by atoms with Gasteiger partial charge in [-0.05, 0) is 43.2 Å². The molecule has 0 saturated carbocycles. The number of nitrogens with one attached hydrogen (secondary N) is 1. The van der Waals surface area contributed by atoms with Gasteiger partial charge in [0.15, 0.2) is 5.65 Å². The van der Waals surface area contributed by atoms with Crippen molar-refractivity contribution in [3.8, 4) is 0 Å². The first-order valence-electron chi connectivity index (χ1n) is 7.91. The van der Waals surface area contributed by atoms with Crippen molar-refractivity contribution in [3.05, 3.63) is 58.5 Å². The van der Waals surface area contributed by atoms with Gasteiger partial charge < -0.3 is 10.1 Å². The fourth-order valence-electron chi connectivity index (χ4n) is 2.66. The first kappa shape index (κ1) is 17.2. The lowest BCUT2D eigenvalue weighted by Gasteiger charge is -2.21. The van der Waals surface area contributed by atoms with Crippen molar-refractivity contribution in [2.24, 2.45) is 0 Å². The average molecular weight is 359 g/mol. The molecule has 1 atom stereocenters. The summed E-state index contributed by atoms with van der Waals surface area (Å²) in [6, 6.07) is 9.27. The lowest BCUT2D eigenvalue weighted by Crippen LogP contribution is -2.19. The van der Waals surface area contributed by atoms with E-state index in [4.69, 9.17) is 16.3 Å². The van der Waals surface area contributed by atoms with Crippen LogP contribution in [0.4, 0.5) is 5.69 Å². The molecule has 1 N–H and O–H groups in total. The number of nitrogens with zero attached hydrogens (tertiary/aromatic N) is 3. The van der Waals surface area contributed by atoms with Crippen molar-refractivity contribution in [2.45, 2.75) is 26.8 Å². The Balaban J connectivity index is 1.92. The van der Waals surface area contributed by atoms with Crippen molar-refractivity contribution in [1.82, 2.24) is 14.6 Å². The van der Waals surface area contributed by atoms with E-state index in [-0.39, 0.29) is 18.6 Å². The number of esters is 1. The van der Waals surface area contributed by atoms with E-state index in [1.165, 1.54) is 6.92 Å². The molecule has 3 aromatic rings. The Morgan fingerprint density at radius 3 is 2.68 bits per heavy atom. The monoisotopic (exact) mass is 358 g/mol. The number of carbonyl (C=O) groups excluding carboxylic acids is 1. The molecular weight excluding hydrogens is 340 g/mol. The molecule has 0 saturated heterocycles. The number of halogens is 1. The predicted octanol–water partition coefficient (Wildman–Crippen LogP) is 3.72. The molecule has 25 heavy (non-hydrogen) atoms. The molecule has 2 heterocycles. The number of rotatable bonds is 5. The molecule has 7 heteroatoms. The number of carbonyl (C=O) groups is 1. The third-order valence-electron chi connectivity index (χ3n) is 3.93. The van der Waals surface area contributed by atoms with Crippen LogP contribution in [0.5, 0.6) is 0 Å². The van der Waals surface area contributed by atoms with Gasteiger partial charge in [0, 0.05) is 18.1 Å². The minimum Gasteiger partial charge on any atom is -0.463 e. The first-order valence-corrected chi connectivity index (χ1v) is 8.29. The van der Waals surface area contributed by atoms with Crippen molar-refractivity contribution in [2.75, 3.05) is 11.9 Å². The summed E-state index contributed by atoms with van der Waals surface area (Å²) in [7, 11) is 0. The van der Waals surface area contributed by atoms with Crippen LogP contribution in [-0.2, 0) is 9.53 Å². The summed E-state index contributed by atoms with van der Waals surface area (Å²) in [4.78, 5) is 11.2. The van der Waals surface area contributed by atoms with Gasteiger partial charge in [-0.15, -0.1) is 10.2 Å². The molecule has 0 radical (unpaired) electrons. The second-order valence-corrected chi connectivity index (χ2v) is 6.34. The highest BCUT2D eigenvalue weighted by molar-refractivity contribution is 6.30. The van der Waals surface area contributed by atoms with Crippen molar-refractivity contribution >= 4 is 28.9 Å². The first-order chi connectivity index (χ1) is 11.9. The summed E-state index contributed by atoms with van der Waals surface area (Å²) < 4.78 is 7.15. The number of aryl methyl sites for hydroxylation is 2. The number of hydrogen-bond donors (Lipinski definition) is 1. The van der Waals surface area contributed by atoms with E-state index < -0.39 is 0 Å². The third kappa shape index (κ3) is 3.91. The van der Waals surface area contributed by atoms with E-state index in [9.17, 15) is 4.79 Å². The molecule has 0 spiro atoms. The van der Waals surface area contributed by atoms with E-state index in [1.807, 2.05) is 54.8 Å². The van der Waals surface area contributed by atoms with Gasteiger partial charge in [-0.3, -0.25) is 9.20 Å². The molecule has 3 rings (SSSR count). The second-order valence-electron chi connectivity index (χ2n) is 5.90. The lowest BCUT2D eigenvalue weighted by molar-refractivity contribution is -0.141. The average Bonchev–Trinajstić information content (AvgIpc) is 2.94. The zero-order chi connectivity index (χ0) is 18.0. The Bertz CT molecular complexity index is 905.